The largest absolute Gasteiger partial charge is 0.399 e. The normalized spacial score (nSPS) is 15.8. The Labute approximate surface area is 113 Å². The van der Waals surface area contributed by atoms with Crippen molar-refractivity contribution in [2.45, 2.75) is 4.90 Å². The van der Waals surface area contributed by atoms with E-state index in [-0.39, 0.29) is 16.1 Å². The maximum atomic E-state index is 12.1. The van der Waals surface area contributed by atoms with Crippen LogP contribution in [0, 0.1) is 0 Å². The minimum Gasteiger partial charge on any atom is -0.399 e. The molecule has 0 spiro atoms. The third-order valence-electron chi connectivity index (χ3n) is 2.58. The van der Waals surface area contributed by atoms with Crippen LogP contribution in [0.4, 0.5) is 10.5 Å². The quantitative estimate of drug-likeness (QED) is 0.571. The Morgan fingerprint density at radius 2 is 1.95 bits per heavy atom. The number of hydrogen-bond donors (Lipinski definition) is 3. The maximum absolute atomic E-state index is 12.1. The zero-order valence-electron chi connectivity index (χ0n) is 9.99. The molecule has 0 aliphatic carbocycles. The van der Waals surface area contributed by atoms with Gasteiger partial charge in [-0.2, -0.15) is 0 Å². The average Bonchev–Trinajstić information content (AvgIpc) is 2.50. The van der Waals surface area contributed by atoms with E-state index in [1.54, 1.807) is 5.32 Å². The predicted molar refractivity (Wildman–Crippen MR) is 66.8 cm³/mol. The predicted octanol–water partition coefficient (Wildman–Crippen LogP) is -1.39. The number of imide groups is 1. The van der Waals surface area contributed by atoms with Gasteiger partial charge in [-0.3, -0.25) is 14.9 Å². The molecule has 1 aromatic carbocycles. The molecule has 0 saturated carbocycles. The standard InChI is InChI=1S/C10H10N4O5S/c11-5-1-2-6-7(3-5)20(18,19)14(9(6)16)4-8(15)13-10(12)17/h1-3H,4,11H2,(H3,12,13,15,17). The van der Waals surface area contributed by atoms with Gasteiger partial charge in [0, 0.05) is 5.69 Å². The lowest BCUT2D eigenvalue weighted by Gasteiger charge is -2.13. The molecule has 1 aromatic rings. The number of carbonyl (C=O) groups excluding carboxylic acids is 3. The molecule has 4 amide bonds. The molecule has 106 valence electrons. The van der Waals surface area contributed by atoms with Crippen molar-refractivity contribution in [3.8, 4) is 0 Å². The molecule has 20 heavy (non-hydrogen) atoms. The van der Waals surface area contributed by atoms with E-state index in [4.69, 9.17) is 11.5 Å². The fraction of sp³-hybridized carbons (Fsp3) is 0.100. The van der Waals surface area contributed by atoms with Gasteiger partial charge in [0.2, 0.25) is 5.91 Å². The van der Waals surface area contributed by atoms with E-state index < -0.39 is 34.4 Å². The Hall–Kier alpha value is -2.62. The monoisotopic (exact) mass is 298 g/mol. The number of anilines is 1. The number of fused-ring (bicyclic) bond motifs is 1. The summed E-state index contributed by atoms with van der Waals surface area (Å²) in [7, 11) is -4.16. The van der Waals surface area contributed by atoms with Crippen molar-refractivity contribution in [1.29, 1.82) is 0 Å². The molecule has 1 aliphatic heterocycles. The van der Waals surface area contributed by atoms with Crippen LogP contribution in [0.1, 0.15) is 10.4 Å². The lowest BCUT2D eigenvalue weighted by atomic mass is 10.2. The van der Waals surface area contributed by atoms with Crippen LogP contribution >= 0.6 is 0 Å². The second-order valence-corrected chi connectivity index (χ2v) is 5.82. The molecule has 1 aliphatic rings. The van der Waals surface area contributed by atoms with Crippen LogP contribution in [-0.4, -0.2) is 37.1 Å². The molecule has 5 N–H and O–H groups in total. The van der Waals surface area contributed by atoms with Crippen LogP contribution in [-0.2, 0) is 14.8 Å². The summed E-state index contributed by atoms with van der Waals surface area (Å²) in [4.78, 5) is 33.6. The minimum atomic E-state index is -4.16. The Bertz CT molecular complexity index is 727. The second kappa shape index (κ2) is 4.49. The van der Waals surface area contributed by atoms with Crippen molar-refractivity contribution in [2.75, 3.05) is 12.3 Å². The average molecular weight is 298 g/mol. The number of amides is 4. The summed E-state index contributed by atoms with van der Waals surface area (Å²) in [5.74, 6) is -1.87. The van der Waals surface area contributed by atoms with Crippen molar-refractivity contribution >= 4 is 33.6 Å². The molecule has 0 fully saturated rings. The highest BCUT2D eigenvalue weighted by Crippen LogP contribution is 2.31. The van der Waals surface area contributed by atoms with Crippen molar-refractivity contribution in [3.05, 3.63) is 23.8 Å². The molecule has 9 nitrogen and oxygen atoms in total. The fourth-order valence-electron chi connectivity index (χ4n) is 1.76. The Balaban J connectivity index is 2.37. The first-order valence-corrected chi connectivity index (χ1v) is 6.73. The van der Waals surface area contributed by atoms with Gasteiger partial charge in [-0.25, -0.2) is 17.5 Å². The van der Waals surface area contributed by atoms with Crippen LogP contribution in [0.15, 0.2) is 23.1 Å². The molecule has 10 heteroatoms. The van der Waals surface area contributed by atoms with Crippen molar-refractivity contribution in [1.82, 2.24) is 9.62 Å². The number of nitrogens with zero attached hydrogens (tertiary/aromatic N) is 1. The number of hydrogen-bond acceptors (Lipinski definition) is 6. The van der Waals surface area contributed by atoms with E-state index in [0.717, 1.165) is 6.07 Å². The Morgan fingerprint density at radius 1 is 1.30 bits per heavy atom. The number of urea groups is 1. The van der Waals surface area contributed by atoms with Crippen molar-refractivity contribution in [2.24, 2.45) is 5.73 Å². The van der Waals surface area contributed by atoms with Gasteiger partial charge in [0.25, 0.3) is 15.9 Å². The molecule has 0 radical (unpaired) electrons. The number of carbonyl (C=O) groups is 3. The summed E-state index contributed by atoms with van der Waals surface area (Å²) in [5, 5.41) is 1.68. The molecule has 0 bridgehead atoms. The molecular weight excluding hydrogens is 288 g/mol. The van der Waals surface area contributed by atoms with E-state index in [9.17, 15) is 22.8 Å². The van der Waals surface area contributed by atoms with Crippen molar-refractivity contribution < 1.29 is 22.8 Å². The van der Waals surface area contributed by atoms with Gasteiger partial charge in [-0.1, -0.05) is 0 Å². The first-order chi connectivity index (χ1) is 9.23. The first-order valence-electron chi connectivity index (χ1n) is 5.29. The van der Waals surface area contributed by atoms with Gasteiger partial charge >= 0.3 is 6.03 Å². The number of primary amides is 1. The maximum Gasteiger partial charge on any atom is 0.318 e. The highest BCUT2D eigenvalue weighted by atomic mass is 32.2. The highest BCUT2D eigenvalue weighted by molar-refractivity contribution is 7.90. The third-order valence-corrected chi connectivity index (χ3v) is 4.35. The van der Waals surface area contributed by atoms with Crippen LogP contribution in [0.3, 0.4) is 0 Å². The van der Waals surface area contributed by atoms with Gasteiger partial charge < -0.3 is 11.5 Å². The summed E-state index contributed by atoms with van der Waals surface area (Å²) in [6.07, 6.45) is 0. The molecule has 0 unspecified atom stereocenters. The first kappa shape index (κ1) is 13.8. The molecule has 2 rings (SSSR count). The van der Waals surface area contributed by atoms with Crippen LogP contribution in [0.2, 0.25) is 0 Å². The number of rotatable bonds is 2. The van der Waals surface area contributed by atoms with E-state index in [1.807, 2.05) is 0 Å². The third kappa shape index (κ3) is 2.16. The summed E-state index contributed by atoms with van der Waals surface area (Å²) in [5.41, 5.74) is 10.3. The Morgan fingerprint density at radius 3 is 2.55 bits per heavy atom. The second-order valence-electron chi connectivity index (χ2n) is 3.98. The van der Waals surface area contributed by atoms with Gasteiger partial charge in [-0.15, -0.1) is 0 Å². The van der Waals surface area contributed by atoms with Gasteiger partial charge in [-0.05, 0) is 18.2 Å². The van der Waals surface area contributed by atoms with E-state index >= 15 is 0 Å². The summed E-state index contributed by atoms with van der Waals surface area (Å²) >= 11 is 0. The molecule has 0 saturated heterocycles. The number of benzene rings is 1. The molecule has 1 heterocycles. The minimum absolute atomic E-state index is 0.0777. The topological polar surface area (TPSA) is 153 Å². The smallest absolute Gasteiger partial charge is 0.318 e. The lowest BCUT2D eigenvalue weighted by Crippen LogP contribution is -2.44. The van der Waals surface area contributed by atoms with Crippen LogP contribution < -0.4 is 16.8 Å². The molecule has 0 aromatic heterocycles. The molecular formula is C10H10N4O5S. The SMILES string of the molecule is NC(=O)NC(=O)CN1C(=O)c2ccc(N)cc2S1(=O)=O. The number of nitrogen functional groups attached to an aromatic ring is 1. The van der Waals surface area contributed by atoms with Gasteiger partial charge in [0.15, 0.2) is 0 Å². The zero-order chi connectivity index (χ0) is 15.1. The number of sulfonamides is 1. The highest BCUT2D eigenvalue weighted by Gasteiger charge is 2.42. The number of nitrogens with two attached hydrogens (primary N) is 2. The fourth-order valence-corrected chi connectivity index (χ4v) is 3.31. The summed E-state index contributed by atoms with van der Waals surface area (Å²) < 4.78 is 24.6. The van der Waals surface area contributed by atoms with Crippen molar-refractivity contribution in [3.63, 3.8) is 0 Å². The van der Waals surface area contributed by atoms with E-state index in [1.165, 1.54) is 12.1 Å². The number of nitrogens with one attached hydrogen (secondary N) is 1. The zero-order valence-corrected chi connectivity index (χ0v) is 10.8. The van der Waals surface area contributed by atoms with Crippen LogP contribution in [0.25, 0.3) is 0 Å². The van der Waals surface area contributed by atoms with Gasteiger partial charge in [0.1, 0.15) is 11.4 Å². The lowest BCUT2D eigenvalue weighted by molar-refractivity contribution is -0.119. The van der Waals surface area contributed by atoms with Crippen LogP contribution in [0.5, 0.6) is 0 Å². The summed E-state index contributed by atoms with van der Waals surface area (Å²) in [6.45, 7) is -0.835. The molecule has 0 atom stereocenters. The summed E-state index contributed by atoms with van der Waals surface area (Å²) in [6, 6.07) is 2.63. The Kier molecular flexibility index (Phi) is 3.10. The van der Waals surface area contributed by atoms with E-state index in [0.29, 0.717) is 4.31 Å². The van der Waals surface area contributed by atoms with E-state index in [2.05, 4.69) is 0 Å². The van der Waals surface area contributed by atoms with Gasteiger partial charge in [0.05, 0.1) is 5.56 Å².